The van der Waals surface area contributed by atoms with E-state index >= 15 is 0 Å². The van der Waals surface area contributed by atoms with Crippen molar-refractivity contribution < 1.29 is 4.79 Å². The molecule has 0 aliphatic heterocycles. The number of rotatable bonds is 3. The van der Waals surface area contributed by atoms with Crippen LogP contribution in [0.15, 0.2) is 59.4 Å². The number of hydrogen-bond acceptors (Lipinski definition) is 4. The van der Waals surface area contributed by atoms with Crippen LogP contribution in [0.3, 0.4) is 0 Å². The molecule has 0 fully saturated rings. The Morgan fingerprint density at radius 1 is 1.05 bits per heavy atom. The molecule has 0 spiro atoms. The molecule has 0 radical (unpaired) electrons. The summed E-state index contributed by atoms with van der Waals surface area (Å²) in [6.45, 7) is 0.357. The molecule has 0 saturated heterocycles. The summed E-state index contributed by atoms with van der Waals surface area (Å²) in [4.78, 5) is 24.8. The lowest BCUT2D eigenvalue weighted by Crippen LogP contribution is -2.29. The van der Waals surface area contributed by atoms with Crippen LogP contribution in [0.2, 0.25) is 0 Å². The zero-order chi connectivity index (χ0) is 15.5. The fourth-order valence-electron chi connectivity index (χ4n) is 2.24. The molecule has 1 amide bonds. The van der Waals surface area contributed by atoms with Gasteiger partial charge in [0.25, 0.3) is 5.91 Å². The molecule has 2 aromatic carbocycles. The number of anilines is 1. The van der Waals surface area contributed by atoms with E-state index in [9.17, 15) is 9.59 Å². The van der Waals surface area contributed by atoms with E-state index in [4.69, 9.17) is 5.73 Å². The van der Waals surface area contributed by atoms with E-state index in [2.05, 4.69) is 5.32 Å². The van der Waals surface area contributed by atoms with E-state index in [0.717, 1.165) is 10.3 Å². The Bertz CT molecular complexity index is 888. The number of nitrogens with one attached hydrogen (secondary N) is 1. The van der Waals surface area contributed by atoms with Gasteiger partial charge in [0, 0.05) is 16.6 Å². The highest BCUT2D eigenvalue weighted by Crippen LogP contribution is 2.23. The summed E-state index contributed by atoms with van der Waals surface area (Å²) in [5.41, 5.74) is 6.58. The van der Waals surface area contributed by atoms with Crippen molar-refractivity contribution in [3.8, 4) is 0 Å². The number of carbonyl (C=O) groups is 1. The lowest BCUT2D eigenvalue weighted by Gasteiger charge is -2.08. The number of benzene rings is 2. The van der Waals surface area contributed by atoms with Gasteiger partial charge in [-0.3, -0.25) is 9.59 Å². The Morgan fingerprint density at radius 3 is 2.50 bits per heavy atom. The third-order valence-electron chi connectivity index (χ3n) is 3.35. The standard InChI is InChI=1S/C17H14N2O2S/c18-16-14(15(20)12-8-4-5-9-13(12)22-16)17(21)19-10-11-6-2-1-3-7-11/h1-9H,10,18H2,(H,19,21). The normalized spacial score (nSPS) is 10.5. The Hall–Kier alpha value is -2.66. The van der Waals surface area contributed by atoms with E-state index in [0.29, 0.717) is 11.9 Å². The first-order chi connectivity index (χ1) is 10.7. The first-order valence-corrected chi connectivity index (χ1v) is 7.62. The lowest BCUT2D eigenvalue weighted by molar-refractivity contribution is 0.0951. The monoisotopic (exact) mass is 310 g/mol. The van der Waals surface area contributed by atoms with Crippen molar-refractivity contribution in [3.05, 3.63) is 75.9 Å². The Labute approximate surface area is 131 Å². The highest BCUT2D eigenvalue weighted by atomic mass is 32.1. The molecule has 3 N–H and O–H groups in total. The Balaban J connectivity index is 1.92. The van der Waals surface area contributed by atoms with Crippen LogP contribution >= 0.6 is 11.3 Å². The van der Waals surface area contributed by atoms with E-state index in [1.54, 1.807) is 12.1 Å². The van der Waals surface area contributed by atoms with Crippen LogP contribution in [0.1, 0.15) is 15.9 Å². The summed E-state index contributed by atoms with van der Waals surface area (Å²) < 4.78 is 0.782. The maximum atomic E-state index is 12.5. The van der Waals surface area contributed by atoms with E-state index in [1.807, 2.05) is 42.5 Å². The van der Waals surface area contributed by atoms with Crippen molar-refractivity contribution in [3.63, 3.8) is 0 Å². The van der Waals surface area contributed by atoms with Gasteiger partial charge in [0.2, 0.25) is 5.43 Å². The zero-order valence-electron chi connectivity index (χ0n) is 11.7. The molecule has 110 valence electrons. The molecule has 1 aromatic heterocycles. The van der Waals surface area contributed by atoms with Gasteiger partial charge in [-0.1, -0.05) is 42.5 Å². The van der Waals surface area contributed by atoms with Gasteiger partial charge in [0.1, 0.15) is 10.6 Å². The molecule has 3 rings (SSSR count). The quantitative estimate of drug-likeness (QED) is 0.781. The average molecular weight is 310 g/mol. The van der Waals surface area contributed by atoms with Crippen LogP contribution in [0.25, 0.3) is 10.1 Å². The first-order valence-electron chi connectivity index (χ1n) is 6.80. The summed E-state index contributed by atoms with van der Waals surface area (Å²) in [6.07, 6.45) is 0. The van der Waals surface area contributed by atoms with Crippen molar-refractivity contribution in [1.29, 1.82) is 0 Å². The molecule has 0 aliphatic carbocycles. The molecular weight excluding hydrogens is 296 g/mol. The van der Waals surface area contributed by atoms with E-state index in [-0.39, 0.29) is 16.0 Å². The zero-order valence-corrected chi connectivity index (χ0v) is 12.5. The second-order valence-corrected chi connectivity index (χ2v) is 5.92. The molecular formula is C17H14N2O2S. The van der Waals surface area contributed by atoms with Crippen LogP contribution in [-0.2, 0) is 6.54 Å². The summed E-state index contributed by atoms with van der Waals surface area (Å²) in [7, 11) is 0. The van der Waals surface area contributed by atoms with Gasteiger partial charge in [-0.15, -0.1) is 11.3 Å². The van der Waals surface area contributed by atoms with Crippen LogP contribution < -0.4 is 16.5 Å². The molecule has 5 heteroatoms. The smallest absolute Gasteiger partial charge is 0.258 e. The van der Waals surface area contributed by atoms with E-state index in [1.165, 1.54) is 11.3 Å². The predicted octanol–water partition coefficient (Wildman–Crippen LogP) is 2.77. The number of nitrogens with two attached hydrogens (primary N) is 1. The molecule has 0 saturated carbocycles. The van der Waals surface area contributed by atoms with Gasteiger partial charge in [0.05, 0.1) is 0 Å². The van der Waals surface area contributed by atoms with Crippen LogP contribution in [0, 0.1) is 0 Å². The maximum absolute atomic E-state index is 12.5. The molecule has 4 nitrogen and oxygen atoms in total. The largest absolute Gasteiger partial charge is 0.390 e. The second-order valence-electron chi connectivity index (χ2n) is 4.83. The Kier molecular flexibility index (Phi) is 3.89. The van der Waals surface area contributed by atoms with Crippen LogP contribution in [-0.4, -0.2) is 5.91 Å². The molecule has 22 heavy (non-hydrogen) atoms. The van der Waals surface area contributed by atoms with Crippen molar-refractivity contribution in [2.24, 2.45) is 0 Å². The second kappa shape index (κ2) is 5.99. The number of nitrogen functional groups attached to an aromatic ring is 1. The molecule has 1 heterocycles. The fraction of sp³-hybridized carbons (Fsp3) is 0.0588. The molecule has 0 aliphatic rings. The topological polar surface area (TPSA) is 72.2 Å². The maximum Gasteiger partial charge on any atom is 0.258 e. The van der Waals surface area contributed by atoms with Gasteiger partial charge in [-0.2, -0.15) is 0 Å². The molecule has 0 atom stereocenters. The van der Waals surface area contributed by atoms with Crippen LogP contribution in [0.4, 0.5) is 5.00 Å². The highest BCUT2D eigenvalue weighted by molar-refractivity contribution is 7.22. The van der Waals surface area contributed by atoms with Gasteiger partial charge in [0.15, 0.2) is 0 Å². The Morgan fingerprint density at radius 2 is 1.73 bits per heavy atom. The fourth-order valence-corrected chi connectivity index (χ4v) is 3.18. The number of hydrogen-bond donors (Lipinski definition) is 2. The van der Waals surface area contributed by atoms with Crippen molar-refractivity contribution in [2.45, 2.75) is 6.54 Å². The third-order valence-corrected chi connectivity index (χ3v) is 4.35. The first kappa shape index (κ1) is 14.3. The average Bonchev–Trinajstić information content (AvgIpc) is 2.54. The summed E-state index contributed by atoms with van der Waals surface area (Å²) in [5, 5.41) is 3.51. The molecule has 3 aromatic rings. The minimum Gasteiger partial charge on any atom is -0.390 e. The molecule has 0 unspecified atom stereocenters. The minimum atomic E-state index is -0.437. The summed E-state index contributed by atoms with van der Waals surface area (Å²) in [6, 6.07) is 16.7. The van der Waals surface area contributed by atoms with Gasteiger partial charge >= 0.3 is 0 Å². The minimum absolute atomic E-state index is 0.0274. The van der Waals surface area contributed by atoms with Crippen molar-refractivity contribution >= 4 is 32.3 Å². The van der Waals surface area contributed by atoms with E-state index < -0.39 is 5.91 Å². The number of fused-ring (bicyclic) bond motifs is 1. The summed E-state index contributed by atoms with van der Waals surface area (Å²) >= 11 is 1.25. The SMILES string of the molecule is Nc1sc2ccccc2c(=O)c1C(=O)NCc1ccccc1. The van der Waals surface area contributed by atoms with Crippen LogP contribution in [0.5, 0.6) is 0 Å². The highest BCUT2D eigenvalue weighted by Gasteiger charge is 2.17. The van der Waals surface area contributed by atoms with Crippen molar-refractivity contribution in [2.75, 3.05) is 5.73 Å². The molecule has 0 bridgehead atoms. The third kappa shape index (κ3) is 2.71. The number of carbonyl (C=O) groups excluding carboxylic acids is 1. The van der Waals surface area contributed by atoms with Gasteiger partial charge < -0.3 is 11.1 Å². The summed E-state index contributed by atoms with van der Waals surface area (Å²) in [5.74, 6) is -0.437. The predicted molar refractivity (Wildman–Crippen MR) is 90.1 cm³/mol. The van der Waals surface area contributed by atoms with Crippen molar-refractivity contribution in [1.82, 2.24) is 5.32 Å². The van der Waals surface area contributed by atoms with Gasteiger partial charge in [-0.25, -0.2) is 0 Å². The van der Waals surface area contributed by atoms with Gasteiger partial charge in [-0.05, 0) is 17.7 Å². The number of amides is 1. The lowest BCUT2D eigenvalue weighted by atomic mass is 10.1.